The van der Waals surface area contributed by atoms with E-state index in [4.69, 9.17) is 29.2 Å². The number of anilines is 3. The Kier molecular flexibility index (Phi) is 7.29. The lowest BCUT2D eigenvalue weighted by molar-refractivity contribution is 0.0374. The van der Waals surface area contributed by atoms with Gasteiger partial charge in [-0.3, -0.25) is 4.90 Å². The minimum absolute atomic E-state index is 0.797. The molecule has 0 unspecified atom stereocenters. The SMILES string of the molecule is S=C1c2ccc(-c3ccc(N(c4ccccc4)c4ccccc4)cc3)cc2C(=S)N1CCN1CCOCC1. The zero-order valence-corrected chi connectivity index (χ0v) is 22.8. The number of benzene rings is 4. The highest BCUT2D eigenvalue weighted by Crippen LogP contribution is 2.36. The second kappa shape index (κ2) is 11.1. The minimum atomic E-state index is 0.797. The molecule has 4 aromatic carbocycles. The number of fused-ring (bicyclic) bond motifs is 1. The fraction of sp³-hybridized carbons (Fsp3) is 0.188. The van der Waals surface area contributed by atoms with Crippen LogP contribution in [0.2, 0.25) is 0 Å². The fourth-order valence-corrected chi connectivity index (χ4v) is 5.91. The van der Waals surface area contributed by atoms with Gasteiger partial charge in [0.1, 0.15) is 9.98 Å². The van der Waals surface area contributed by atoms with Crippen LogP contribution < -0.4 is 4.90 Å². The van der Waals surface area contributed by atoms with Crippen LogP contribution >= 0.6 is 24.4 Å². The number of rotatable bonds is 7. The number of hydrogen-bond acceptors (Lipinski definition) is 5. The van der Waals surface area contributed by atoms with Crippen molar-refractivity contribution in [1.82, 2.24) is 9.80 Å². The van der Waals surface area contributed by atoms with Crippen LogP contribution in [0.3, 0.4) is 0 Å². The fourth-order valence-electron chi connectivity index (χ4n) is 5.14. The Morgan fingerprint density at radius 1 is 0.605 bits per heavy atom. The number of morpholine rings is 1. The monoisotopic (exact) mass is 535 g/mol. The van der Waals surface area contributed by atoms with Crippen molar-refractivity contribution in [3.8, 4) is 11.1 Å². The molecule has 2 aliphatic rings. The summed E-state index contributed by atoms with van der Waals surface area (Å²) in [6, 6.07) is 36.1. The largest absolute Gasteiger partial charge is 0.379 e. The van der Waals surface area contributed by atoms with Crippen molar-refractivity contribution in [3.05, 3.63) is 114 Å². The Hall–Kier alpha value is -3.42. The van der Waals surface area contributed by atoms with Crippen LogP contribution in [0, 0.1) is 0 Å². The van der Waals surface area contributed by atoms with Crippen molar-refractivity contribution in [2.45, 2.75) is 0 Å². The van der Waals surface area contributed by atoms with Crippen molar-refractivity contribution in [3.63, 3.8) is 0 Å². The van der Waals surface area contributed by atoms with E-state index in [0.717, 1.165) is 88.7 Å². The van der Waals surface area contributed by atoms with E-state index < -0.39 is 0 Å². The molecule has 0 spiro atoms. The lowest BCUT2D eigenvalue weighted by Gasteiger charge is -2.29. The van der Waals surface area contributed by atoms with Crippen molar-refractivity contribution in [1.29, 1.82) is 0 Å². The first-order valence-electron chi connectivity index (χ1n) is 13.0. The predicted molar refractivity (Wildman–Crippen MR) is 164 cm³/mol. The molecular formula is C32H29N3OS2. The molecule has 0 radical (unpaired) electrons. The molecule has 0 amide bonds. The second-order valence-electron chi connectivity index (χ2n) is 9.53. The highest BCUT2D eigenvalue weighted by atomic mass is 32.1. The molecule has 1 saturated heterocycles. The highest BCUT2D eigenvalue weighted by molar-refractivity contribution is 7.82. The van der Waals surface area contributed by atoms with Crippen LogP contribution in [0.25, 0.3) is 11.1 Å². The summed E-state index contributed by atoms with van der Waals surface area (Å²) in [6.07, 6.45) is 0. The van der Waals surface area contributed by atoms with Gasteiger partial charge in [0.25, 0.3) is 0 Å². The van der Waals surface area contributed by atoms with Gasteiger partial charge in [-0.2, -0.15) is 0 Å². The molecule has 0 atom stereocenters. The Balaban J connectivity index is 1.24. The summed E-state index contributed by atoms with van der Waals surface area (Å²) in [5, 5.41) is 0. The first-order chi connectivity index (χ1) is 18.7. The number of ether oxygens (including phenoxy) is 1. The summed E-state index contributed by atoms with van der Waals surface area (Å²) >= 11 is 11.7. The minimum Gasteiger partial charge on any atom is -0.379 e. The van der Waals surface area contributed by atoms with Gasteiger partial charge in [0.05, 0.1) is 13.2 Å². The van der Waals surface area contributed by atoms with Gasteiger partial charge in [0.15, 0.2) is 0 Å². The average Bonchev–Trinajstić information content (AvgIpc) is 3.22. The molecule has 38 heavy (non-hydrogen) atoms. The summed E-state index contributed by atoms with van der Waals surface area (Å²) in [5.74, 6) is 0. The van der Waals surface area contributed by atoms with E-state index in [2.05, 4.69) is 106 Å². The molecule has 4 aromatic rings. The molecule has 0 aliphatic carbocycles. The van der Waals surface area contributed by atoms with Gasteiger partial charge in [-0.15, -0.1) is 0 Å². The first-order valence-corrected chi connectivity index (χ1v) is 13.8. The van der Waals surface area contributed by atoms with E-state index in [-0.39, 0.29) is 0 Å². The Labute approximate surface area is 235 Å². The maximum atomic E-state index is 5.90. The van der Waals surface area contributed by atoms with Crippen molar-refractivity contribution in [2.75, 3.05) is 44.3 Å². The van der Waals surface area contributed by atoms with Crippen LogP contribution in [-0.4, -0.2) is 59.2 Å². The molecule has 2 heterocycles. The Bertz CT molecular complexity index is 1400. The third kappa shape index (κ3) is 5.00. The number of para-hydroxylation sites is 2. The van der Waals surface area contributed by atoms with Gasteiger partial charge in [-0.25, -0.2) is 0 Å². The molecule has 1 fully saturated rings. The maximum absolute atomic E-state index is 5.90. The quantitative estimate of drug-likeness (QED) is 0.240. The molecule has 0 aromatic heterocycles. The van der Waals surface area contributed by atoms with Gasteiger partial charge in [0.2, 0.25) is 0 Å². The summed E-state index contributed by atoms with van der Waals surface area (Å²) in [7, 11) is 0. The lowest BCUT2D eigenvalue weighted by Crippen LogP contribution is -2.42. The molecule has 6 heteroatoms. The summed E-state index contributed by atoms with van der Waals surface area (Å²) in [4.78, 5) is 8.47. The molecule has 0 N–H and O–H groups in total. The van der Waals surface area contributed by atoms with E-state index in [1.165, 1.54) is 0 Å². The van der Waals surface area contributed by atoms with E-state index in [1.54, 1.807) is 0 Å². The van der Waals surface area contributed by atoms with E-state index in [9.17, 15) is 0 Å². The zero-order valence-electron chi connectivity index (χ0n) is 21.1. The third-order valence-corrected chi connectivity index (χ3v) is 8.08. The first kappa shape index (κ1) is 24.9. The summed E-state index contributed by atoms with van der Waals surface area (Å²) in [6.45, 7) is 5.27. The Morgan fingerprint density at radius 3 is 1.79 bits per heavy atom. The molecule has 0 bridgehead atoms. The number of hydrogen-bond donors (Lipinski definition) is 0. The zero-order chi connectivity index (χ0) is 25.9. The van der Waals surface area contributed by atoms with E-state index in [0.29, 0.717) is 0 Å². The van der Waals surface area contributed by atoms with Crippen molar-refractivity contribution in [2.24, 2.45) is 0 Å². The van der Waals surface area contributed by atoms with Crippen LogP contribution in [0.5, 0.6) is 0 Å². The predicted octanol–water partition coefficient (Wildman–Crippen LogP) is 6.82. The maximum Gasteiger partial charge on any atom is 0.115 e. The summed E-state index contributed by atoms with van der Waals surface area (Å²) in [5.41, 5.74) is 7.77. The van der Waals surface area contributed by atoms with Crippen molar-refractivity contribution >= 4 is 51.5 Å². The Morgan fingerprint density at radius 2 is 1.16 bits per heavy atom. The van der Waals surface area contributed by atoms with Gasteiger partial charge < -0.3 is 14.5 Å². The van der Waals surface area contributed by atoms with Crippen LogP contribution in [-0.2, 0) is 4.74 Å². The van der Waals surface area contributed by atoms with Gasteiger partial charge in [-0.1, -0.05) is 85.1 Å². The lowest BCUT2D eigenvalue weighted by atomic mass is 10.00. The molecule has 0 saturated carbocycles. The second-order valence-corrected chi connectivity index (χ2v) is 10.3. The highest BCUT2D eigenvalue weighted by Gasteiger charge is 2.30. The van der Waals surface area contributed by atoms with Crippen molar-refractivity contribution < 1.29 is 4.74 Å². The smallest absolute Gasteiger partial charge is 0.115 e. The molecule has 6 rings (SSSR count). The molecule has 190 valence electrons. The molecule has 4 nitrogen and oxygen atoms in total. The molecular weight excluding hydrogens is 507 g/mol. The van der Waals surface area contributed by atoms with Gasteiger partial charge in [-0.05, 0) is 53.6 Å². The topological polar surface area (TPSA) is 19.0 Å². The van der Waals surface area contributed by atoms with Gasteiger partial charge >= 0.3 is 0 Å². The van der Waals surface area contributed by atoms with Crippen LogP contribution in [0.15, 0.2) is 103 Å². The van der Waals surface area contributed by atoms with Gasteiger partial charge in [0, 0.05) is 54.4 Å². The van der Waals surface area contributed by atoms with E-state index >= 15 is 0 Å². The average molecular weight is 536 g/mol. The number of thiocarbonyl (C=S) groups is 2. The van der Waals surface area contributed by atoms with E-state index in [1.807, 2.05) is 12.1 Å². The van der Waals surface area contributed by atoms with Crippen LogP contribution in [0.1, 0.15) is 11.1 Å². The number of nitrogens with zero attached hydrogens (tertiary/aromatic N) is 3. The van der Waals surface area contributed by atoms with Crippen LogP contribution in [0.4, 0.5) is 17.1 Å². The third-order valence-electron chi connectivity index (χ3n) is 7.20. The normalized spacial score (nSPS) is 15.5. The molecule has 2 aliphatic heterocycles. The standard InChI is InChI=1S/C32H29N3OS2/c37-31-29-16-13-25(23-30(29)32(38)34(31)18-17-33-19-21-36-22-20-33)24-11-14-28(15-12-24)35(26-7-3-1-4-8-26)27-9-5-2-6-10-27/h1-16,23H,17-22H2. The summed E-state index contributed by atoms with van der Waals surface area (Å²) < 4.78 is 5.48.